The van der Waals surface area contributed by atoms with Gasteiger partial charge in [-0.25, -0.2) is 8.42 Å². The van der Waals surface area contributed by atoms with Crippen molar-refractivity contribution in [1.82, 2.24) is 0 Å². The van der Waals surface area contributed by atoms with Gasteiger partial charge in [-0.15, -0.1) is 0 Å². The monoisotopic (exact) mass is 310 g/mol. The molecule has 0 aromatic carbocycles. The van der Waals surface area contributed by atoms with E-state index in [1.165, 1.54) is 6.42 Å². The summed E-state index contributed by atoms with van der Waals surface area (Å²) in [4.78, 5) is 0. The molecule has 1 saturated carbocycles. The highest BCUT2D eigenvalue weighted by atomic mass is 35.7. The van der Waals surface area contributed by atoms with Gasteiger partial charge in [0.15, 0.2) is 0 Å². The van der Waals surface area contributed by atoms with Gasteiger partial charge in [0.1, 0.15) is 0 Å². The highest BCUT2D eigenvalue weighted by Gasteiger charge is 2.36. The van der Waals surface area contributed by atoms with E-state index < -0.39 is 9.05 Å². The van der Waals surface area contributed by atoms with E-state index >= 15 is 0 Å². The molecule has 1 heterocycles. The van der Waals surface area contributed by atoms with Gasteiger partial charge in [0, 0.05) is 28.6 Å². The van der Waals surface area contributed by atoms with Crippen molar-refractivity contribution in [3.8, 4) is 0 Å². The molecule has 0 spiro atoms. The lowest BCUT2D eigenvalue weighted by Gasteiger charge is -2.36. The molecule has 1 unspecified atom stereocenters. The maximum Gasteiger partial charge on any atom is 0.233 e. The van der Waals surface area contributed by atoms with Gasteiger partial charge in [0.25, 0.3) is 0 Å². The topological polar surface area (TPSA) is 52.6 Å². The molecule has 0 aromatic heterocycles. The van der Waals surface area contributed by atoms with Gasteiger partial charge in [-0.05, 0) is 19.3 Å². The van der Waals surface area contributed by atoms with Crippen LogP contribution in [0.3, 0.4) is 0 Å². The molecule has 0 amide bonds. The van der Waals surface area contributed by atoms with Crippen molar-refractivity contribution in [1.29, 1.82) is 0 Å². The molecule has 1 aliphatic heterocycles. The number of hydrogen-bond donors (Lipinski definition) is 0. The van der Waals surface area contributed by atoms with Gasteiger partial charge in [0.05, 0.1) is 25.6 Å². The molecular weight excluding hydrogens is 288 g/mol. The quantitative estimate of drug-likeness (QED) is 0.708. The van der Waals surface area contributed by atoms with Crippen molar-refractivity contribution in [2.75, 3.05) is 32.2 Å². The van der Waals surface area contributed by atoms with Crippen LogP contribution >= 0.6 is 10.7 Å². The van der Waals surface area contributed by atoms with Crippen LogP contribution in [0.5, 0.6) is 0 Å². The standard InChI is InChI=1S/C13H23ClO4S/c14-19(15,16)11-13(5-2-1-3-6-13)10-18-9-12-4-7-17-8-12/h12H,1-11H2. The van der Waals surface area contributed by atoms with E-state index in [9.17, 15) is 8.42 Å². The molecule has 2 aliphatic rings. The van der Waals surface area contributed by atoms with E-state index in [1.807, 2.05) is 0 Å². The molecule has 112 valence electrons. The van der Waals surface area contributed by atoms with Crippen LogP contribution in [0.15, 0.2) is 0 Å². The van der Waals surface area contributed by atoms with Crippen molar-refractivity contribution >= 4 is 19.7 Å². The third kappa shape index (κ3) is 5.21. The fraction of sp³-hybridized carbons (Fsp3) is 1.00. The molecule has 1 atom stereocenters. The predicted molar refractivity (Wildman–Crippen MR) is 74.9 cm³/mol. The Kier molecular flexibility index (Phi) is 5.52. The average molecular weight is 311 g/mol. The highest BCUT2D eigenvalue weighted by molar-refractivity contribution is 8.13. The Balaban J connectivity index is 1.85. The first-order valence-corrected chi connectivity index (χ1v) is 9.55. The molecule has 0 aromatic rings. The van der Waals surface area contributed by atoms with E-state index in [2.05, 4.69) is 0 Å². The first-order chi connectivity index (χ1) is 8.99. The van der Waals surface area contributed by atoms with Gasteiger partial charge < -0.3 is 9.47 Å². The van der Waals surface area contributed by atoms with Gasteiger partial charge in [0.2, 0.25) is 9.05 Å². The zero-order chi connectivity index (χ0) is 13.8. The van der Waals surface area contributed by atoms with Crippen molar-refractivity contribution in [2.24, 2.45) is 11.3 Å². The number of halogens is 1. The van der Waals surface area contributed by atoms with Crippen molar-refractivity contribution in [3.05, 3.63) is 0 Å². The Morgan fingerprint density at radius 3 is 2.58 bits per heavy atom. The number of rotatable bonds is 6. The summed E-state index contributed by atoms with van der Waals surface area (Å²) < 4.78 is 33.9. The molecule has 2 rings (SSSR count). The van der Waals surface area contributed by atoms with Crippen LogP contribution < -0.4 is 0 Å². The van der Waals surface area contributed by atoms with E-state index in [0.29, 0.717) is 19.1 Å². The fourth-order valence-corrected chi connectivity index (χ4v) is 4.95. The Hall–Kier alpha value is 0.160. The van der Waals surface area contributed by atoms with E-state index in [4.69, 9.17) is 20.2 Å². The minimum atomic E-state index is -3.46. The summed E-state index contributed by atoms with van der Waals surface area (Å²) in [7, 11) is 1.99. The molecule has 4 nitrogen and oxygen atoms in total. The normalized spacial score (nSPS) is 27.5. The van der Waals surface area contributed by atoms with E-state index in [-0.39, 0.29) is 11.2 Å². The summed E-state index contributed by atoms with van der Waals surface area (Å²) in [6, 6.07) is 0. The maximum absolute atomic E-state index is 11.4. The van der Waals surface area contributed by atoms with Crippen molar-refractivity contribution < 1.29 is 17.9 Å². The summed E-state index contributed by atoms with van der Waals surface area (Å²) in [6.45, 7) is 2.76. The molecule has 6 heteroatoms. The molecule has 19 heavy (non-hydrogen) atoms. The molecule has 1 saturated heterocycles. The SMILES string of the molecule is O=S(=O)(Cl)CC1(COCC2CCOC2)CCCCC1. The molecule has 0 radical (unpaired) electrons. The molecule has 0 bridgehead atoms. The Morgan fingerprint density at radius 1 is 1.26 bits per heavy atom. The summed E-state index contributed by atoms with van der Waals surface area (Å²) in [6.07, 6.45) is 6.17. The van der Waals surface area contributed by atoms with E-state index in [1.54, 1.807) is 0 Å². The molecule has 1 aliphatic carbocycles. The van der Waals surface area contributed by atoms with Crippen LogP contribution in [0.2, 0.25) is 0 Å². The first-order valence-electron chi connectivity index (χ1n) is 7.07. The van der Waals surface area contributed by atoms with Crippen molar-refractivity contribution in [2.45, 2.75) is 38.5 Å². The minimum absolute atomic E-state index is 0.0444. The van der Waals surface area contributed by atoms with Gasteiger partial charge >= 0.3 is 0 Å². The minimum Gasteiger partial charge on any atom is -0.381 e. The van der Waals surface area contributed by atoms with E-state index in [0.717, 1.165) is 45.3 Å². The lowest BCUT2D eigenvalue weighted by atomic mass is 9.76. The molecule has 2 fully saturated rings. The third-order valence-electron chi connectivity index (χ3n) is 4.18. The summed E-state index contributed by atoms with van der Waals surface area (Å²) >= 11 is 0. The zero-order valence-corrected chi connectivity index (χ0v) is 12.8. The van der Waals surface area contributed by atoms with Gasteiger partial charge in [-0.3, -0.25) is 0 Å². The van der Waals surface area contributed by atoms with Crippen LogP contribution in [-0.2, 0) is 18.5 Å². The second-order valence-electron chi connectivity index (χ2n) is 5.99. The number of hydrogen-bond acceptors (Lipinski definition) is 4. The van der Waals surface area contributed by atoms with Crippen LogP contribution in [0, 0.1) is 11.3 Å². The van der Waals surface area contributed by atoms with Crippen LogP contribution in [0.25, 0.3) is 0 Å². The molecule has 0 N–H and O–H groups in total. The van der Waals surface area contributed by atoms with Gasteiger partial charge in [-0.2, -0.15) is 0 Å². The largest absolute Gasteiger partial charge is 0.381 e. The second-order valence-corrected chi connectivity index (χ2v) is 8.77. The first kappa shape index (κ1) is 15.5. The highest BCUT2D eigenvalue weighted by Crippen LogP contribution is 2.38. The fourth-order valence-electron chi connectivity index (χ4n) is 3.15. The summed E-state index contributed by atoms with van der Waals surface area (Å²) in [5.41, 5.74) is -0.266. The summed E-state index contributed by atoms with van der Waals surface area (Å²) in [5, 5.41) is 0. The van der Waals surface area contributed by atoms with Crippen LogP contribution in [0.1, 0.15) is 38.5 Å². The van der Waals surface area contributed by atoms with Crippen LogP contribution in [0.4, 0.5) is 0 Å². The lowest BCUT2D eigenvalue weighted by Crippen LogP contribution is -2.36. The van der Waals surface area contributed by atoms with Crippen LogP contribution in [-0.4, -0.2) is 40.6 Å². The molecular formula is C13H23ClO4S. The third-order valence-corrected chi connectivity index (χ3v) is 5.46. The van der Waals surface area contributed by atoms with Crippen molar-refractivity contribution in [3.63, 3.8) is 0 Å². The lowest BCUT2D eigenvalue weighted by molar-refractivity contribution is 0.0146. The Morgan fingerprint density at radius 2 is 2.00 bits per heavy atom. The smallest absolute Gasteiger partial charge is 0.233 e. The zero-order valence-electron chi connectivity index (χ0n) is 11.3. The average Bonchev–Trinajstić information content (AvgIpc) is 2.81. The predicted octanol–water partition coefficient (Wildman–Crippen LogP) is 2.56. The maximum atomic E-state index is 11.4. The second kappa shape index (κ2) is 6.74. The summed E-state index contributed by atoms with van der Waals surface area (Å²) in [5.74, 6) is 0.510. The Labute approximate surface area is 120 Å². The van der Waals surface area contributed by atoms with Gasteiger partial charge in [-0.1, -0.05) is 19.3 Å². The Bertz CT molecular complexity index is 370. The number of ether oxygens (including phenoxy) is 2.